The van der Waals surface area contributed by atoms with E-state index in [1.54, 1.807) is 31.4 Å². The normalized spacial score (nSPS) is 17.2. The highest BCUT2D eigenvalue weighted by Gasteiger charge is 2.28. The van der Waals surface area contributed by atoms with E-state index in [4.69, 9.17) is 4.74 Å². The lowest BCUT2D eigenvalue weighted by Crippen LogP contribution is -2.41. The highest BCUT2D eigenvalue weighted by atomic mass is 19.1. The molecule has 6 nitrogen and oxygen atoms in total. The van der Waals surface area contributed by atoms with Gasteiger partial charge in [-0.25, -0.2) is 9.37 Å². The SMILES string of the molecule is COc1cc(C)nc(N2CCCC(C(=O)Nc3ccccc3F)C2)n1. The number of hydrogen-bond donors (Lipinski definition) is 1. The van der Waals surface area contributed by atoms with Crippen LogP contribution in [0.4, 0.5) is 16.0 Å². The first-order valence-electron chi connectivity index (χ1n) is 8.27. The van der Waals surface area contributed by atoms with Crippen molar-refractivity contribution in [1.29, 1.82) is 0 Å². The van der Waals surface area contributed by atoms with Crippen LogP contribution in [0.25, 0.3) is 0 Å². The molecule has 1 fully saturated rings. The lowest BCUT2D eigenvalue weighted by atomic mass is 9.97. The molecule has 1 aromatic carbocycles. The van der Waals surface area contributed by atoms with Gasteiger partial charge in [-0.15, -0.1) is 0 Å². The van der Waals surface area contributed by atoms with Crippen molar-refractivity contribution in [2.75, 3.05) is 30.4 Å². The maximum absolute atomic E-state index is 13.7. The van der Waals surface area contributed by atoms with Crippen LogP contribution in [-0.4, -0.2) is 36.1 Å². The van der Waals surface area contributed by atoms with E-state index in [0.29, 0.717) is 18.4 Å². The van der Waals surface area contributed by atoms with Crippen molar-refractivity contribution < 1.29 is 13.9 Å². The summed E-state index contributed by atoms with van der Waals surface area (Å²) in [6.45, 7) is 3.14. The number of carbonyl (C=O) groups excluding carboxylic acids is 1. The number of piperidine rings is 1. The maximum atomic E-state index is 13.7. The number of para-hydroxylation sites is 1. The quantitative estimate of drug-likeness (QED) is 0.924. The van der Waals surface area contributed by atoms with Gasteiger partial charge in [0, 0.05) is 24.8 Å². The molecule has 1 aliphatic rings. The number of nitrogens with one attached hydrogen (secondary N) is 1. The lowest BCUT2D eigenvalue weighted by molar-refractivity contribution is -0.120. The molecular weight excluding hydrogens is 323 g/mol. The first-order valence-corrected chi connectivity index (χ1v) is 8.27. The Morgan fingerprint density at radius 1 is 1.36 bits per heavy atom. The molecule has 1 saturated heterocycles. The molecule has 0 radical (unpaired) electrons. The zero-order chi connectivity index (χ0) is 17.8. The number of benzene rings is 1. The number of nitrogens with zero attached hydrogens (tertiary/aromatic N) is 3. The molecule has 0 spiro atoms. The topological polar surface area (TPSA) is 67.3 Å². The van der Waals surface area contributed by atoms with Crippen molar-refractivity contribution in [3.63, 3.8) is 0 Å². The van der Waals surface area contributed by atoms with E-state index < -0.39 is 5.82 Å². The summed E-state index contributed by atoms with van der Waals surface area (Å²) < 4.78 is 18.9. The molecule has 1 amide bonds. The predicted molar refractivity (Wildman–Crippen MR) is 93.3 cm³/mol. The van der Waals surface area contributed by atoms with Crippen molar-refractivity contribution in [2.45, 2.75) is 19.8 Å². The fourth-order valence-corrected chi connectivity index (χ4v) is 2.94. The summed E-state index contributed by atoms with van der Waals surface area (Å²) in [5.74, 6) is 0.189. The zero-order valence-corrected chi connectivity index (χ0v) is 14.3. The van der Waals surface area contributed by atoms with Crippen LogP contribution in [0.15, 0.2) is 30.3 Å². The highest BCUT2D eigenvalue weighted by Crippen LogP contribution is 2.24. The van der Waals surface area contributed by atoms with Crippen LogP contribution in [0.5, 0.6) is 5.88 Å². The summed E-state index contributed by atoms with van der Waals surface area (Å²) in [6.07, 6.45) is 1.59. The molecule has 2 heterocycles. The third-order valence-electron chi connectivity index (χ3n) is 4.23. The number of methoxy groups -OCH3 is 1. The summed E-state index contributed by atoms with van der Waals surface area (Å²) >= 11 is 0. The number of hydrogen-bond acceptors (Lipinski definition) is 5. The molecule has 3 rings (SSSR count). The third-order valence-corrected chi connectivity index (χ3v) is 4.23. The van der Waals surface area contributed by atoms with Gasteiger partial charge >= 0.3 is 0 Å². The zero-order valence-electron chi connectivity index (χ0n) is 14.3. The van der Waals surface area contributed by atoms with Crippen molar-refractivity contribution >= 4 is 17.5 Å². The van der Waals surface area contributed by atoms with Gasteiger partial charge in [-0.2, -0.15) is 4.98 Å². The number of aromatic nitrogens is 2. The number of carbonyl (C=O) groups is 1. The molecular formula is C18H21FN4O2. The van der Waals surface area contributed by atoms with Crippen LogP contribution in [0.3, 0.4) is 0 Å². The minimum absolute atomic E-state index is 0.186. The maximum Gasteiger partial charge on any atom is 0.229 e. The van der Waals surface area contributed by atoms with Crippen LogP contribution < -0.4 is 15.0 Å². The van der Waals surface area contributed by atoms with E-state index in [0.717, 1.165) is 25.1 Å². The molecule has 0 bridgehead atoms. The smallest absolute Gasteiger partial charge is 0.229 e. The van der Waals surface area contributed by atoms with E-state index in [-0.39, 0.29) is 17.5 Å². The van der Waals surface area contributed by atoms with Crippen LogP contribution in [0.2, 0.25) is 0 Å². The molecule has 25 heavy (non-hydrogen) atoms. The van der Waals surface area contributed by atoms with Gasteiger partial charge in [-0.1, -0.05) is 12.1 Å². The van der Waals surface area contributed by atoms with Crippen LogP contribution >= 0.6 is 0 Å². The van der Waals surface area contributed by atoms with E-state index in [2.05, 4.69) is 15.3 Å². The first kappa shape index (κ1) is 17.1. The first-order chi connectivity index (χ1) is 12.1. The Labute approximate surface area is 146 Å². The Hall–Kier alpha value is -2.70. The van der Waals surface area contributed by atoms with Crippen molar-refractivity contribution in [3.8, 4) is 5.88 Å². The molecule has 1 aliphatic heterocycles. The summed E-state index contributed by atoms with van der Waals surface area (Å²) in [7, 11) is 1.56. The number of ether oxygens (including phenoxy) is 1. The van der Waals surface area contributed by atoms with Crippen LogP contribution in [0.1, 0.15) is 18.5 Å². The van der Waals surface area contributed by atoms with Gasteiger partial charge in [0.1, 0.15) is 5.82 Å². The monoisotopic (exact) mass is 344 g/mol. The largest absolute Gasteiger partial charge is 0.481 e. The van der Waals surface area contributed by atoms with Crippen LogP contribution in [-0.2, 0) is 4.79 Å². The minimum Gasteiger partial charge on any atom is -0.481 e. The second-order valence-corrected chi connectivity index (χ2v) is 6.11. The Morgan fingerprint density at radius 2 is 2.16 bits per heavy atom. The molecule has 1 unspecified atom stereocenters. The molecule has 0 saturated carbocycles. The summed E-state index contributed by atoms with van der Waals surface area (Å²) in [5.41, 5.74) is 1.01. The van der Waals surface area contributed by atoms with E-state index in [9.17, 15) is 9.18 Å². The predicted octanol–water partition coefficient (Wildman–Crippen LogP) is 2.79. The molecule has 132 valence electrons. The molecule has 1 atom stereocenters. The van der Waals surface area contributed by atoms with Crippen LogP contribution in [0, 0.1) is 18.7 Å². The van der Waals surface area contributed by atoms with E-state index in [1.165, 1.54) is 6.07 Å². The van der Waals surface area contributed by atoms with Gasteiger partial charge in [0.2, 0.25) is 17.7 Å². The highest BCUT2D eigenvalue weighted by molar-refractivity contribution is 5.93. The molecule has 1 N–H and O–H groups in total. The standard InChI is InChI=1S/C18H21FN4O2/c1-12-10-16(25-2)22-18(20-12)23-9-5-6-13(11-23)17(24)21-15-8-4-3-7-14(15)19/h3-4,7-8,10,13H,5-6,9,11H2,1-2H3,(H,21,24). The van der Waals surface area contributed by atoms with Gasteiger partial charge in [0.25, 0.3) is 0 Å². The Bertz CT molecular complexity index is 768. The molecule has 7 heteroatoms. The number of rotatable bonds is 4. The number of anilines is 2. The van der Waals surface area contributed by atoms with Crippen molar-refractivity contribution in [1.82, 2.24) is 9.97 Å². The minimum atomic E-state index is -0.435. The Balaban J connectivity index is 1.71. The second-order valence-electron chi connectivity index (χ2n) is 6.11. The van der Waals surface area contributed by atoms with Gasteiger partial charge < -0.3 is 15.0 Å². The van der Waals surface area contributed by atoms with Gasteiger partial charge in [0.15, 0.2) is 0 Å². The molecule has 2 aromatic rings. The average Bonchev–Trinajstić information content (AvgIpc) is 2.63. The fraction of sp³-hybridized carbons (Fsp3) is 0.389. The second kappa shape index (κ2) is 7.46. The van der Waals surface area contributed by atoms with Gasteiger partial charge in [-0.05, 0) is 31.9 Å². The van der Waals surface area contributed by atoms with Crippen molar-refractivity contribution in [3.05, 3.63) is 41.8 Å². The third kappa shape index (κ3) is 4.04. The number of aryl methyl sites for hydroxylation is 1. The van der Waals surface area contributed by atoms with Gasteiger partial charge in [0.05, 0.1) is 18.7 Å². The Morgan fingerprint density at radius 3 is 2.92 bits per heavy atom. The number of halogens is 1. The van der Waals surface area contributed by atoms with E-state index in [1.807, 2.05) is 11.8 Å². The van der Waals surface area contributed by atoms with E-state index >= 15 is 0 Å². The van der Waals surface area contributed by atoms with Crippen molar-refractivity contribution in [2.24, 2.45) is 5.92 Å². The number of amides is 1. The summed E-state index contributed by atoms with van der Waals surface area (Å²) in [6, 6.07) is 7.93. The van der Waals surface area contributed by atoms with Gasteiger partial charge in [-0.3, -0.25) is 4.79 Å². The summed E-state index contributed by atoms with van der Waals surface area (Å²) in [4.78, 5) is 23.3. The Kier molecular flexibility index (Phi) is 5.11. The molecule has 1 aromatic heterocycles. The molecule has 0 aliphatic carbocycles. The summed E-state index contributed by atoms with van der Waals surface area (Å²) in [5, 5.41) is 2.68. The fourth-order valence-electron chi connectivity index (χ4n) is 2.94. The average molecular weight is 344 g/mol. The lowest BCUT2D eigenvalue weighted by Gasteiger charge is -2.32.